The molecule has 0 bridgehead atoms. The molecule has 0 saturated heterocycles. The van der Waals surface area contributed by atoms with Crippen molar-refractivity contribution >= 4 is 45.2 Å². The van der Waals surface area contributed by atoms with E-state index in [0.29, 0.717) is 39.5 Å². The number of H-pyrrole nitrogens is 2. The van der Waals surface area contributed by atoms with Crippen LogP contribution in [0.25, 0.3) is 22.1 Å². The number of fused-ring (bicyclic) bond motifs is 2. The second kappa shape index (κ2) is 6.71. The number of rotatable bonds is 4. The summed E-state index contributed by atoms with van der Waals surface area (Å²) in [6.07, 6.45) is 3.08. The largest absolute Gasteiger partial charge is 0.339 e. The van der Waals surface area contributed by atoms with Gasteiger partial charge in [-0.05, 0) is 42.0 Å². The van der Waals surface area contributed by atoms with E-state index in [-0.39, 0.29) is 5.69 Å². The van der Waals surface area contributed by atoms with E-state index in [1.807, 2.05) is 6.07 Å². The first kappa shape index (κ1) is 17.4. The lowest BCUT2D eigenvalue weighted by Crippen LogP contribution is -2.03. The molecule has 144 valence electrons. The van der Waals surface area contributed by atoms with Gasteiger partial charge in [0.15, 0.2) is 5.65 Å². The SMILES string of the molecule is O=c1[nH]c2ccc(Nc3ncnc4c3cnn4Cc3cc(F)cc(Cl)c3)cc2[nH]1. The van der Waals surface area contributed by atoms with Crippen LogP contribution in [0.15, 0.2) is 53.7 Å². The van der Waals surface area contributed by atoms with E-state index in [9.17, 15) is 9.18 Å². The Morgan fingerprint density at radius 3 is 2.83 bits per heavy atom. The number of hydrogen-bond acceptors (Lipinski definition) is 5. The van der Waals surface area contributed by atoms with Crippen LogP contribution < -0.4 is 11.0 Å². The molecule has 0 saturated carbocycles. The van der Waals surface area contributed by atoms with Crippen LogP contribution in [0.5, 0.6) is 0 Å². The molecule has 29 heavy (non-hydrogen) atoms. The number of benzene rings is 2. The maximum absolute atomic E-state index is 13.6. The highest BCUT2D eigenvalue weighted by Gasteiger charge is 2.12. The van der Waals surface area contributed by atoms with Crippen molar-refractivity contribution in [3.05, 3.63) is 75.8 Å². The molecular weight excluding hydrogens is 397 g/mol. The molecule has 0 aliphatic carbocycles. The second-order valence-electron chi connectivity index (χ2n) is 6.50. The molecule has 0 radical (unpaired) electrons. The summed E-state index contributed by atoms with van der Waals surface area (Å²) in [4.78, 5) is 25.5. The van der Waals surface area contributed by atoms with Crippen LogP contribution in [0.2, 0.25) is 5.02 Å². The van der Waals surface area contributed by atoms with Crippen molar-refractivity contribution in [3.8, 4) is 0 Å². The van der Waals surface area contributed by atoms with Gasteiger partial charge in [0, 0.05) is 10.7 Å². The van der Waals surface area contributed by atoms with Crippen molar-refractivity contribution in [2.45, 2.75) is 6.54 Å². The van der Waals surface area contributed by atoms with Gasteiger partial charge >= 0.3 is 5.69 Å². The van der Waals surface area contributed by atoms with Gasteiger partial charge in [0.1, 0.15) is 18.0 Å². The Bertz CT molecular complexity index is 1400. The quantitative estimate of drug-likeness (QED) is 0.421. The van der Waals surface area contributed by atoms with Crippen LogP contribution in [0.3, 0.4) is 0 Å². The minimum absolute atomic E-state index is 0.264. The van der Waals surface area contributed by atoms with E-state index in [2.05, 4.69) is 30.4 Å². The zero-order chi connectivity index (χ0) is 20.0. The third-order valence-electron chi connectivity index (χ3n) is 4.47. The van der Waals surface area contributed by atoms with Crippen LogP contribution in [-0.4, -0.2) is 29.7 Å². The standard InChI is InChI=1S/C19H13ClFN7O/c20-11-3-10(4-12(21)5-11)8-28-18-14(7-24-28)17(22-9-23-18)25-13-1-2-15-16(6-13)27-19(29)26-15/h1-7,9H,8H2,(H,22,23,25)(H2,26,27,29). The molecular formula is C19H13ClFN7O. The molecule has 10 heteroatoms. The van der Waals surface area contributed by atoms with Crippen LogP contribution in [-0.2, 0) is 6.54 Å². The number of hydrogen-bond donors (Lipinski definition) is 3. The van der Waals surface area contributed by atoms with Gasteiger partial charge in [-0.2, -0.15) is 5.10 Å². The molecule has 0 atom stereocenters. The molecule has 0 unspecified atom stereocenters. The number of halogens is 2. The average Bonchev–Trinajstić information content (AvgIpc) is 3.24. The lowest BCUT2D eigenvalue weighted by Gasteiger charge is -2.07. The first-order chi connectivity index (χ1) is 14.0. The van der Waals surface area contributed by atoms with Gasteiger partial charge < -0.3 is 15.3 Å². The van der Waals surface area contributed by atoms with Crippen molar-refractivity contribution in [2.75, 3.05) is 5.32 Å². The summed E-state index contributed by atoms with van der Waals surface area (Å²) in [5.74, 6) is 0.162. The molecule has 3 heterocycles. The fraction of sp³-hybridized carbons (Fsp3) is 0.0526. The number of aromatic amines is 2. The average molecular weight is 410 g/mol. The summed E-state index contributed by atoms with van der Waals surface area (Å²) in [6, 6.07) is 9.79. The lowest BCUT2D eigenvalue weighted by atomic mass is 10.2. The summed E-state index contributed by atoms with van der Waals surface area (Å²) < 4.78 is 15.3. The molecule has 0 spiro atoms. The Kier molecular flexibility index (Phi) is 4.02. The molecule has 0 aliphatic rings. The first-order valence-corrected chi connectivity index (χ1v) is 9.03. The summed E-state index contributed by atoms with van der Waals surface area (Å²) in [5.41, 5.74) is 3.16. The number of imidazole rings is 1. The summed E-state index contributed by atoms with van der Waals surface area (Å²) in [5, 5.41) is 8.62. The van der Waals surface area contributed by atoms with Gasteiger partial charge in [-0.3, -0.25) is 0 Å². The normalized spacial score (nSPS) is 11.4. The number of aromatic nitrogens is 6. The molecule has 3 aromatic heterocycles. The van der Waals surface area contributed by atoms with Gasteiger partial charge in [-0.1, -0.05) is 11.6 Å². The zero-order valence-electron chi connectivity index (χ0n) is 14.8. The van der Waals surface area contributed by atoms with Crippen molar-refractivity contribution in [2.24, 2.45) is 0 Å². The van der Waals surface area contributed by atoms with Crippen molar-refractivity contribution in [3.63, 3.8) is 0 Å². The summed E-state index contributed by atoms with van der Waals surface area (Å²) in [7, 11) is 0. The Balaban J connectivity index is 1.49. The maximum atomic E-state index is 13.6. The van der Waals surface area contributed by atoms with E-state index in [0.717, 1.165) is 11.2 Å². The van der Waals surface area contributed by atoms with Gasteiger partial charge in [-0.15, -0.1) is 0 Å². The molecule has 3 N–H and O–H groups in total. The minimum Gasteiger partial charge on any atom is -0.339 e. The van der Waals surface area contributed by atoms with Gasteiger partial charge in [-0.25, -0.2) is 23.8 Å². The molecule has 0 aliphatic heterocycles. The van der Waals surface area contributed by atoms with Crippen molar-refractivity contribution in [1.82, 2.24) is 29.7 Å². The van der Waals surface area contributed by atoms with E-state index >= 15 is 0 Å². The highest BCUT2D eigenvalue weighted by Crippen LogP contribution is 2.25. The number of nitrogens with zero attached hydrogens (tertiary/aromatic N) is 4. The predicted molar refractivity (Wildman–Crippen MR) is 108 cm³/mol. The third-order valence-corrected chi connectivity index (χ3v) is 4.69. The third kappa shape index (κ3) is 3.32. The first-order valence-electron chi connectivity index (χ1n) is 8.66. The number of anilines is 2. The van der Waals surface area contributed by atoms with Crippen LogP contribution >= 0.6 is 11.6 Å². The van der Waals surface area contributed by atoms with E-state index in [1.165, 1.54) is 18.5 Å². The highest BCUT2D eigenvalue weighted by molar-refractivity contribution is 6.30. The molecule has 0 fully saturated rings. The summed E-state index contributed by atoms with van der Waals surface area (Å²) >= 11 is 5.94. The molecule has 2 aromatic carbocycles. The predicted octanol–water partition coefficient (Wildman–Crippen LogP) is 3.58. The fourth-order valence-electron chi connectivity index (χ4n) is 3.23. The smallest absolute Gasteiger partial charge is 0.323 e. The molecule has 5 rings (SSSR count). The highest BCUT2D eigenvalue weighted by atomic mass is 35.5. The second-order valence-corrected chi connectivity index (χ2v) is 6.94. The molecule has 5 aromatic rings. The maximum Gasteiger partial charge on any atom is 0.323 e. The molecule has 0 amide bonds. The Morgan fingerprint density at radius 1 is 1.10 bits per heavy atom. The monoisotopic (exact) mass is 409 g/mol. The van der Waals surface area contributed by atoms with E-state index in [1.54, 1.807) is 29.1 Å². The van der Waals surface area contributed by atoms with Crippen molar-refractivity contribution in [1.29, 1.82) is 0 Å². The zero-order valence-corrected chi connectivity index (χ0v) is 15.5. The minimum atomic E-state index is -0.404. The van der Waals surface area contributed by atoms with Crippen LogP contribution in [0, 0.1) is 5.82 Å². The fourth-order valence-corrected chi connectivity index (χ4v) is 3.47. The number of nitrogens with one attached hydrogen (secondary N) is 3. The van der Waals surface area contributed by atoms with Gasteiger partial charge in [0.2, 0.25) is 0 Å². The Labute approximate surface area is 167 Å². The van der Waals surface area contributed by atoms with Crippen molar-refractivity contribution < 1.29 is 4.39 Å². The Hall–Kier alpha value is -3.72. The van der Waals surface area contributed by atoms with Gasteiger partial charge in [0.25, 0.3) is 0 Å². The van der Waals surface area contributed by atoms with Crippen LogP contribution in [0.4, 0.5) is 15.9 Å². The summed E-state index contributed by atoms with van der Waals surface area (Å²) in [6.45, 7) is 0.313. The van der Waals surface area contributed by atoms with Gasteiger partial charge in [0.05, 0.1) is 29.2 Å². The molecule has 8 nitrogen and oxygen atoms in total. The topological polar surface area (TPSA) is 104 Å². The van der Waals surface area contributed by atoms with E-state index in [4.69, 9.17) is 11.6 Å². The van der Waals surface area contributed by atoms with Crippen LogP contribution in [0.1, 0.15) is 5.56 Å². The Morgan fingerprint density at radius 2 is 1.97 bits per heavy atom. The lowest BCUT2D eigenvalue weighted by molar-refractivity contribution is 0.621. The van der Waals surface area contributed by atoms with E-state index < -0.39 is 5.82 Å².